The van der Waals surface area contributed by atoms with E-state index in [1.807, 2.05) is 48.5 Å². The van der Waals surface area contributed by atoms with Crippen molar-refractivity contribution in [1.82, 2.24) is 5.32 Å². The number of hydrogen-bond donors (Lipinski definition) is 2. The summed E-state index contributed by atoms with van der Waals surface area (Å²) in [7, 11) is 1.58. The largest absolute Gasteiger partial charge is 0.426 e. The summed E-state index contributed by atoms with van der Waals surface area (Å²) < 4.78 is 55.4. The fraction of sp³-hybridized carbons (Fsp3) is 0.179. The molecule has 0 bridgehead atoms. The molecule has 2 N–H and O–H groups in total. The lowest BCUT2D eigenvalue weighted by molar-refractivity contribution is -0.228. The minimum atomic E-state index is -5.12. The number of carbonyl (C=O) groups excluding carboxylic acids is 2. The maximum Gasteiger partial charge on any atom is 0.426 e. The highest BCUT2D eigenvalue weighted by Crippen LogP contribution is 2.56. The van der Waals surface area contributed by atoms with Crippen molar-refractivity contribution in [2.75, 3.05) is 12.4 Å². The van der Waals surface area contributed by atoms with E-state index in [0.717, 1.165) is 45.5 Å². The van der Waals surface area contributed by atoms with Gasteiger partial charge in [-0.05, 0) is 95.6 Å². The second-order valence-electron chi connectivity index (χ2n) is 12.0. The van der Waals surface area contributed by atoms with Gasteiger partial charge in [0.2, 0.25) is 5.67 Å². The number of carbonyl (C=O) groups is 2. The van der Waals surface area contributed by atoms with Crippen LogP contribution in [0.2, 0.25) is 0 Å². The Labute approximate surface area is 270 Å². The number of nitrogens with one attached hydrogen (secondary N) is 2. The Hall–Kier alpha value is -5.24. The molecule has 0 saturated heterocycles. The molecule has 0 radical (unpaired) electrons. The zero-order chi connectivity index (χ0) is 33.7. The van der Waals surface area contributed by atoms with Gasteiger partial charge in [-0.15, -0.1) is 0 Å². The van der Waals surface area contributed by atoms with Crippen LogP contribution in [0.4, 0.5) is 23.2 Å². The maximum absolute atomic E-state index is 14.9. The highest BCUT2D eigenvalue weighted by molar-refractivity contribution is 6.05. The molecule has 8 heteroatoms. The summed E-state index contributed by atoms with van der Waals surface area (Å²) in [5.41, 5.74) is 2.98. The molecule has 2 amide bonds. The normalized spacial score (nSPS) is 14.5. The Morgan fingerprint density at radius 2 is 1.13 bits per heavy atom. The van der Waals surface area contributed by atoms with Gasteiger partial charge in [-0.2, -0.15) is 13.2 Å². The highest BCUT2D eigenvalue weighted by Gasteiger charge is 2.53. The second-order valence-corrected chi connectivity index (χ2v) is 12.0. The van der Waals surface area contributed by atoms with Gasteiger partial charge in [0.15, 0.2) is 0 Å². The van der Waals surface area contributed by atoms with Gasteiger partial charge < -0.3 is 10.6 Å². The predicted octanol–water partition coefficient (Wildman–Crippen LogP) is 9.03. The molecule has 0 aromatic heterocycles. The van der Waals surface area contributed by atoms with Crippen LogP contribution in [0.3, 0.4) is 0 Å². The number of alkyl halides is 4. The Bertz CT molecular complexity index is 1970. The standard InChI is InChI=1S/C39H32F4N2O2/c1-23-21-29(37(3,40)39(41,42)43)22-34(24(23)2)45-36(47)26-15-19-28(20-16-26)38(27-17-13-25(14-18-27)35(46)44-4)32-11-7-5-9-30(32)31-10-6-8-12-33(31)38/h5-22H,1-4H3,(H,44,46)(H,45,47). The highest BCUT2D eigenvalue weighted by atomic mass is 19.4. The number of benzene rings is 5. The van der Waals surface area contributed by atoms with Crippen LogP contribution >= 0.6 is 0 Å². The molecule has 47 heavy (non-hydrogen) atoms. The van der Waals surface area contributed by atoms with Crippen LogP contribution in [0, 0.1) is 13.8 Å². The summed E-state index contributed by atoms with van der Waals surface area (Å²) >= 11 is 0. The molecule has 5 aromatic carbocycles. The lowest BCUT2D eigenvalue weighted by Gasteiger charge is -2.34. The van der Waals surface area contributed by atoms with Crippen molar-refractivity contribution in [1.29, 1.82) is 0 Å². The molecule has 1 unspecified atom stereocenters. The van der Waals surface area contributed by atoms with Gasteiger partial charge in [0.05, 0.1) is 5.41 Å². The van der Waals surface area contributed by atoms with Crippen LogP contribution in [0.5, 0.6) is 0 Å². The van der Waals surface area contributed by atoms with Crippen LogP contribution < -0.4 is 10.6 Å². The first-order chi connectivity index (χ1) is 22.3. The van der Waals surface area contributed by atoms with Crippen LogP contribution in [-0.4, -0.2) is 25.0 Å². The summed E-state index contributed by atoms with van der Waals surface area (Å²) in [6.45, 7) is 3.71. The third-order valence-corrected chi connectivity index (χ3v) is 9.33. The van der Waals surface area contributed by atoms with Gasteiger partial charge in [-0.25, -0.2) is 4.39 Å². The minimum absolute atomic E-state index is 0.105. The van der Waals surface area contributed by atoms with E-state index in [-0.39, 0.29) is 17.2 Å². The number of halogens is 4. The molecule has 0 heterocycles. The van der Waals surface area contributed by atoms with Crippen LogP contribution in [0.1, 0.15) is 66.6 Å². The molecular weight excluding hydrogens is 604 g/mol. The van der Waals surface area contributed by atoms with E-state index >= 15 is 0 Å². The molecule has 0 fully saturated rings. The average molecular weight is 637 g/mol. The molecular formula is C39H32F4N2O2. The molecule has 0 spiro atoms. The van der Waals surface area contributed by atoms with Crippen LogP contribution in [-0.2, 0) is 11.1 Å². The lowest BCUT2D eigenvalue weighted by atomic mass is 9.67. The quantitative estimate of drug-likeness (QED) is 0.179. The number of anilines is 1. The first kappa shape index (κ1) is 31.7. The Balaban J connectivity index is 1.43. The maximum atomic E-state index is 14.9. The van der Waals surface area contributed by atoms with E-state index < -0.39 is 28.7 Å². The third-order valence-electron chi connectivity index (χ3n) is 9.33. The summed E-state index contributed by atoms with van der Waals surface area (Å²) in [4.78, 5) is 25.8. The number of fused-ring (bicyclic) bond motifs is 3. The molecule has 0 saturated carbocycles. The average Bonchev–Trinajstić information content (AvgIpc) is 3.37. The molecule has 4 nitrogen and oxygen atoms in total. The van der Waals surface area contributed by atoms with Crippen LogP contribution in [0.15, 0.2) is 109 Å². The summed E-state index contributed by atoms with van der Waals surface area (Å²) in [5, 5.41) is 5.36. The van der Waals surface area contributed by atoms with Crippen molar-refractivity contribution in [3.8, 4) is 11.1 Å². The van der Waals surface area contributed by atoms with E-state index in [9.17, 15) is 27.2 Å². The molecule has 1 atom stereocenters. The van der Waals surface area contributed by atoms with Gasteiger partial charge in [0.1, 0.15) is 0 Å². The summed E-state index contributed by atoms with van der Waals surface area (Å²) in [5.74, 6) is -0.737. The van der Waals surface area contributed by atoms with Crippen LogP contribution in [0.25, 0.3) is 11.1 Å². The van der Waals surface area contributed by atoms with Crippen molar-refractivity contribution in [2.24, 2.45) is 0 Å². The van der Waals surface area contributed by atoms with Crippen molar-refractivity contribution >= 4 is 17.5 Å². The minimum Gasteiger partial charge on any atom is -0.355 e. The van der Waals surface area contributed by atoms with Gasteiger partial charge in [-0.3, -0.25) is 9.59 Å². The second kappa shape index (κ2) is 11.5. The van der Waals surface area contributed by atoms with Gasteiger partial charge in [0, 0.05) is 29.4 Å². The van der Waals surface area contributed by atoms with E-state index in [4.69, 9.17) is 0 Å². The number of aryl methyl sites for hydroxylation is 1. The molecule has 0 aliphatic heterocycles. The van der Waals surface area contributed by atoms with Gasteiger partial charge in [0.25, 0.3) is 11.8 Å². The molecule has 1 aliphatic carbocycles. The van der Waals surface area contributed by atoms with E-state index in [2.05, 4.69) is 34.9 Å². The molecule has 1 aliphatic rings. The fourth-order valence-electron chi connectivity index (χ4n) is 6.53. The number of amides is 2. The lowest BCUT2D eigenvalue weighted by Crippen LogP contribution is -2.35. The number of hydrogen-bond acceptors (Lipinski definition) is 2. The van der Waals surface area contributed by atoms with Crippen molar-refractivity contribution in [3.05, 3.63) is 159 Å². The third kappa shape index (κ3) is 5.08. The fourth-order valence-corrected chi connectivity index (χ4v) is 6.53. The SMILES string of the molecule is CNC(=O)c1ccc(C2(c3ccc(C(=O)Nc4cc(C(C)(F)C(F)(F)F)cc(C)c4C)cc3)c3ccccc3-c3ccccc32)cc1. The number of rotatable bonds is 6. The Kier molecular flexibility index (Phi) is 7.78. The van der Waals surface area contributed by atoms with Crippen molar-refractivity contribution < 1.29 is 27.2 Å². The van der Waals surface area contributed by atoms with E-state index in [1.165, 1.54) is 0 Å². The predicted molar refractivity (Wildman–Crippen MR) is 176 cm³/mol. The summed E-state index contributed by atoms with van der Waals surface area (Å²) in [6, 6.07) is 33.1. The van der Waals surface area contributed by atoms with Gasteiger partial charge in [-0.1, -0.05) is 78.9 Å². The smallest absolute Gasteiger partial charge is 0.355 e. The summed E-state index contributed by atoms with van der Waals surface area (Å²) in [6.07, 6.45) is -5.12. The monoisotopic (exact) mass is 636 g/mol. The molecule has 6 rings (SSSR count). The molecule has 238 valence electrons. The first-order valence-electron chi connectivity index (χ1n) is 15.1. The Morgan fingerprint density at radius 1 is 0.660 bits per heavy atom. The zero-order valence-electron chi connectivity index (χ0n) is 26.2. The van der Waals surface area contributed by atoms with Crippen molar-refractivity contribution in [3.63, 3.8) is 0 Å². The zero-order valence-corrected chi connectivity index (χ0v) is 26.2. The Morgan fingerprint density at radius 3 is 1.60 bits per heavy atom. The van der Waals surface area contributed by atoms with E-state index in [1.54, 1.807) is 45.2 Å². The van der Waals surface area contributed by atoms with E-state index in [0.29, 0.717) is 23.6 Å². The first-order valence-corrected chi connectivity index (χ1v) is 15.1. The van der Waals surface area contributed by atoms with Crippen molar-refractivity contribution in [2.45, 2.75) is 38.0 Å². The topological polar surface area (TPSA) is 58.2 Å². The molecule has 5 aromatic rings. The van der Waals surface area contributed by atoms with Gasteiger partial charge >= 0.3 is 6.18 Å².